The largest absolute Gasteiger partial charge is 0.482 e. The van der Waals surface area contributed by atoms with Gasteiger partial charge < -0.3 is 10.1 Å². The lowest BCUT2D eigenvalue weighted by Gasteiger charge is -2.30. The van der Waals surface area contributed by atoms with E-state index < -0.39 is 0 Å². The normalized spacial score (nSPS) is 17.9. The molecule has 1 aliphatic heterocycles. The molecule has 1 heterocycles. The average molecular weight is 330 g/mol. The molecule has 3 rings (SSSR count). The number of fused-ring (bicyclic) bond motifs is 1. The molecule has 1 N–H and O–H groups in total. The summed E-state index contributed by atoms with van der Waals surface area (Å²) < 4.78 is 5.40. The zero-order valence-electron chi connectivity index (χ0n) is 13.8. The molecule has 2 aliphatic rings. The maximum Gasteiger partial charge on any atom is 0.265 e. The minimum absolute atomic E-state index is 0.0486. The highest BCUT2D eigenvalue weighted by molar-refractivity contribution is 6.04. The first-order valence-electron chi connectivity index (χ1n) is 8.42. The van der Waals surface area contributed by atoms with Gasteiger partial charge in [0.2, 0.25) is 5.91 Å². The van der Waals surface area contributed by atoms with Crippen molar-refractivity contribution in [1.82, 2.24) is 5.32 Å². The van der Waals surface area contributed by atoms with Crippen LogP contribution in [0.2, 0.25) is 0 Å². The van der Waals surface area contributed by atoms with E-state index in [1.807, 2.05) is 0 Å². The van der Waals surface area contributed by atoms with Gasteiger partial charge in [0.25, 0.3) is 5.91 Å². The number of nitrogens with one attached hydrogen (secondary N) is 1. The molecular formula is C18H22N2O4. The van der Waals surface area contributed by atoms with Gasteiger partial charge in [-0.1, -0.05) is 19.3 Å². The number of amides is 2. The summed E-state index contributed by atoms with van der Waals surface area (Å²) in [5.41, 5.74) is 0.975. The Morgan fingerprint density at radius 3 is 2.71 bits per heavy atom. The van der Waals surface area contributed by atoms with Gasteiger partial charge in [-0.3, -0.25) is 19.3 Å². The molecule has 1 aromatic rings. The van der Waals surface area contributed by atoms with Crippen molar-refractivity contribution in [2.24, 2.45) is 0 Å². The number of ether oxygens (including phenoxy) is 1. The Morgan fingerprint density at radius 1 is 1.25 bits per heavy atom. The predicted molar refractivity (Wildman–Crippen MR) is 89.3 cm³/mol. The van der Waals surface area contributed by atoms with E-state index in [2.05, 4.69) is 5.32 Å². The molecule has 6 nitrogen and oxygen atoms in total. The fourth-order valence-electron chi connectivity index (χ4n) is 3.26. The van der Waals surface area contributed by atoms with Crippen molar-refractivity contribution in [3.63, 3.8) is 0 Å². The van der Waals surface area contributed by atoms with Crippen LogP contribution in [0.15, 0.2) is 18.2 Å². The minimum atomic E-state index is -0.276. The lowest BCUT2D eigenvalue weighted by atomic mass is 9.95. The van der Waals surface area contributed by atoms with E-state index in [-0.39, 0.29) is 36.8 Å². The summed E-state index contributed by atoms with van der Waals surface area (Å²) in [7, 11) is 0. The van der Waals surface area contributed by atoms with Crippen LogP contribution < -0.4 is 15.0 Å². The van der Waals surface area contributed by atoms with Crippen LogP contribution in [-0.4, -0.2) is 36.8 Å². The highest BCUT2D eigenvalue weighted by Gasteiger charge is 2.28. The predicted octanol–water partition coefficient (Wildman–Crippen LogP) is 2.06. The van der Waals surface area contributed by atoms with Crippen molar-refractivity contribution in [3.8, 4) is 5.75 Å². The molecule has 128 valence electrons. The van der Waals surface area contributed by atoms with Crippen molar-refractivity contribution in [3.05, 3.63) is 23.8 Å². The standard InChI is InChI=1S/C18H22N2O4/c1-12(21)13-7-8-16-15(9-13)20(18(23)11-24-16)10-17(22)19-14-5-3-2-4-6-14/h7-9,14H,2-6,10-11H2,1H3,(H,19,22). The molecule has 0 saturated heterocycles. The second kappa shape index (κ2) is 7.03. The van der Waals surface area contributed by atoms with E-state index in [1.165, 1.54) is 18.2 Å². The zero-order valence-corrected chi connectivity index (χ0v) is 13.8. The number of benzene rings is 1. The van der Waals surface area contributed by atoms with Crippen molar-refractivity contribution in [2.45, 2.75) is 45.1 Å². The van der Waals surface area contributed by atoms with E-state index in [4.69, 9.17) is 4.74 Å². The van der Waals surface area contributed by atoms with Crippen LogP contribution in [0.1, 0.15) is 49.4 Å². The lowest BCUT2D eigenvalue weighted by Crippen LogP contribution is -2.47. The summed E-state index contributed by atoms with van der Waals surface area (Å²) in [5.74, 6) is -0.0224. The summed E-state index contributed by atoms with van der Waals surface area (Å²) in [4.78, 5) is 37.5. The molecule has 1 aromatic carbocycles. The molecule has 1 fully saturated rings. The minimum Gasteiger partial charge on any atom is -0.482 e. The third-order valence-corrected chi connectivity index (χ3v) is 4.58. The van der Waals surface area contributed by atoms with Crippen LogP contribution in [0, 0.1) is 0 Å². The molecule has 1 saturated carbocycles. The average Bonchev–Trinajstić information content (AvgIpc) is 2.58. The zero-order chi connectivity index (χ0) is 17.1. The van der Waals surface area contributed by atoms with Gasteiger partial charge in [0.15, 0.2) is 12.4 Å². The maximum absolute atomic E-state index is 12.3. The summed E-state index contributed by atoms with van der Waals surface area (Å²) in [6.45, 7) is 1.32. The van der Waals surface area contributed by atoms with E-state index in [1.54, 1.807) is 18.2 Å². The van der Waals surface area contributed by atoms with Crippen LogP contribution in [0.3, 0.4) is 0 Å². The first-order valence-corrected chi connectivity index (χ1v) is 8.42. The van der Waals surface area contributed by atoms with Crippen LogP contribution in [0.4, 0.5) is 5.69 Å². The number of carbonyl (C=O) groups is 3. The maximum atomic E-state index is 12.3. The van der Waals surface area contributed by atoms with Gasteiger partial charge in [-0.2, -0.15) is 0 Å². The van der Waals surface area contributed by atoms with Gasteiger partial charge in [-0.05, 0) is 38.0 Å². The van der Waals surface area contributed by atoms with Crippen molar-refractivity contribution in [2.75, 3.05) is 18.1 Å². The Hall–Kier alpha value is -2.37. The fourth-order valence-corrected chi connectivity index (χ4v) is 3.26. The molecule has 0 atom stereocenters. The smallest absolute Gasteiger partial charge is 0.265 e. The highest BCUT2D eigenvalue weighted by Crippen LogP contribution is 2.33. The Balaban J connectivity index is 1.75. The first kappa shape index (κ1) is 16.5. The molecule has 24 heavy (non-hydrogen) atoms. The SMILES string of the molecule is CC(=O)c1ccc2c(c1)N(CC(=O)NC1CCCCC1)C(=O)CO2. The monoisotopic (exact) mass is 330 g/mol. The Morgan fingerprint density at radius 2 is 2.00 bits per heavy atom. The second-order valence-electron chi connectivity index (χ2n) is 6.41. The number of hydrogen-bond donors (Lipinski definition) is 1. The van der Waals surface area contributed by atoms with Gasteiger partial charge in [0, 0.05) is 11.6 Å². The van der Waals surface area contributed by atoms with Crippen LogP contribution in [-0.2, 0) is 9.59 Å². The molecule has 2 amide bonds. The first-order chi connectivity index (χ1) is 11.5. The fraction of sp³-hybridized carbons (Fsp3) is 0.500. The van der Waals surface area contributed by atoms with Crippen molar-refractivity contribution >= 4 is 23.3 Å². The Kier molecular flexibility index (Phi) is 4.83. The van der Waals surface area contributed by atoms with E-state index in [0.717, 1.165) is 25.7 Å². The third kappa shape index (κ3) is 3.58. The molecule has 0 bridgehead atoms. The number of Topliss-reactive ketones (excluding diaryl/α,β-unsaturated/α-hetero) is 1. The van der Waals surface area contributed by atoms with Crippen LogP contribution >= 0.6 is 0 Å². The third-order valence-electron chi connectivity index (χ3n) is 4.58. The summed E-state index contributed by atoms with van der Waals surface area (Å²) in [6.07, 6.45) is 5.47. The summed E-state index contributed by atoms with van der Waals surface area (Å²) >= 11 is 0. The molecular weight excluding hydrogens is 308 g/mol. The Labute approximate surface area is 141 Å². The summed E-state index contributed by atoms with van der Waals surface area (Å²) in [6, 6.07) is 5.15. The highest BCUT2D eigenvalue weighted by atomic mass is 16.5. The van der Waals surface area contributed by atoms with Gasteiger partial charge >= 0.3 is 0 Å². The number of ketones is 1. The van der Waals surface area contributed by atoms with Crippen molar-refractivity contribution < 1.29 is 19.1 Å². The lowest BCUT2D eigenvalue weighted by molar-refractivity contribution is -0.125. The van der Waals surface area contributed by atoms with E-state index in [9.17, 15) is 14.4 Å². The number of rotatable bonds is 4. The van der Waals surface area contributed by atoms with Gasteiger partial charge in [0.05, 0.1) is 5.69 Å². The molecule has 0 spiro atoms. The van der Waals surface area contributed by atoms with E-state index >= 15 is 0 Å². The van der Waals surface area contributed by atoms with Gasteiger partial charge in [-0.15, -0.1) is 0 Å². The molecule has 6 heteroatoms. The molecule has 0 radical (unpaired) electrons. The van der Waals surface area contributed by atoms with Crippen LogP contribution in [0.5, 0.6) is 5.75 Å². The number of nitrogens with zero attached hydrogens (tertiary/aromatic N) is 1. The van der Waals surface area contributed by atoms with Crippen molar-refractivity contribution in [1.29, 1.82) is 0 Å². The Bertz CT molecular complexity index is 665. The molecule has 0 unspecified atom stereocenters. The van der Waals surface area contributed by atoms with E-state index in [0.29, 0.717) is 17.0 Å². The molecule has 0 aromatic heterocycles. The van der Waals surface area contributed by atoms with Crippen LogP contribution in [0.25, 0.3) is 0 Å². The quantitative estimate of drug-likeness (QED) is 0.858. The topological polar surface area (TPSA) is 75.7 Å². The summed E-state index contributed by atoms with van der Waals surface area (Å²) in [5, 5.41) is 3.01. The van der Waals surface area contributed by atoms with Gasteiger partial charge in [0.1, 0.15) is 12.3 Å². The molecule has 1 aliphatic carbocycles. The number of anilines is 1. The number of carbonyl (C=O) groups excluding carboxylic acids is 3. The second-order valence-corrected chi connectivity index (χ2v) is 6.41. The van der Waals surface area contributed by atoms with Gasteiger partial charge in [-0.25, -0.2) is 0 Å². The number of hydrogen-bond acceptors (Lipinski definition) is 4.